The number of para-hydroxylation sites is 1. The highest BCUT2D eigenvalue weighted by Crippen LogP contribution is 2.22. The third kappa shape index (κ3) is 4.54. The van der Waals surface area contributed by atoms with Crippen LogP contribution < -0.4 is 10.6 Å². The summed E-state index contributed by atoms with van der Waals surface area (Å²) in [7, 11) is 0. The number of cyclic esters (lactones) is 1. The van der Waals surface area contributed by atoms with Crippen molar-refractivity contribution >= 4 is 23.9 Å². The number of carboxylic acid groups (broad SMARTS) is 1. The topological polar surface area (TPSA) is 125 Å². The molecule has 0 aliphatic carbocycles. The van der Waals surface area contributed by atoms with Crippen molar-refractivity contribution < 1.29 is 29.3 Å². The van der Waals surface area contributed by atoms with Gasteiger partial charge in [-0.05, 0) is 24.3 Å². The number of hydrogen-bond donors (Lipinski definition) is 4. The normalized spacial score (nSPS) is 19.1. The van der Waals surface area contributed by atoms with Gasteiger partial charge in [-0.3, -0.25) is 19.7 Å². The predicted octanol–water partition coefficient (Wildman–Crippen LogP) is 1.48. The van der Waals surface area contributed by atoms with Gasteiger partial charge in [0.2, 0.25) is 0 Å². The number of carboxylic acids is 1. The number of aliphatic carboxylic acids is 1. The first-order chi connectivity index (χ1) is 13.4. The summed E-state index contributed by atoms with van der Waals surface area (Å²) in [6.45, 7) is 0. The van der Waals surface area contributed by atoms with Crippen molar-refractivity contribution in [2.75, 3.05) is 0 Å². The fourth-order valence-corrected chi connectivity index (χ4v) is 2.70. The number of nitrogens with one attached hydrogen (secondary N) is 2. The van der Waals surface area contributed by atoms with Crippen LogP contribution in [0.4, 0.5) is 0 Å². The van der Waals surface area contributed by atoms with Crippen LogP contribution in [0, 0.1) is 0 Å². The molecule has 0 radical (unpaired) electrons. The number of aromatic hydroxyl groups is 1. The number of hydrogen-bond acceptors (Lipinski definition) is 6. The second-order valence-corrected chi connectivity index (χ2v) is 6.11. The molecule has 28 heavy (non-hydrogen) atoms. The zero-order valence-corrected chi connectivity index (χ0v) is 14.7. The first kappa shape index (κ1) is 19.1. The van der Waals surface area contributed by atoms with E-state index in [0.717, 1.165) is 0 Å². The van der Waals surface area contributed by atoms with E-state index in [2.05, 4.69) is 10.6 Å². The van der Waals surface area contributed by atoms with Gasteiger partial charge in [-0.1, -0.05) is 36.4 Å². The van der Waals surface area contributed by atoms with Gasteiger partial charge in [-0.15, -0.1) is 0 Å². The van der Waals surface area contributed by atoms with Crippen molar-refractivity contribution in [2.45, 2.75) is 18.7 Å². The highest BCUT2D eigenvalue weighted by molar-refractivity contribution is 5.96. The molecular formula is C20H18N2O6. The van der Waals surface area contributed by atoms with Crippen LogP contribution in [0.2, 0.25) is 0 Å². The summed E-state index contributed by atoms with van der Waals surface area (Å²) in [5.41, 5.74) is 0.944. The molecule has 1 aliphatic rings. The van der Waals surface area contributed by atoms with Crippen molar-refractivity contribution in [1.82, 2.24) is 10.6 Å². The van der Waals surface area contributed by atoms with E-state index in [-0.39, 0.29) is 11.4 Å². The molecule has 8 heteroatoms. The molecule has 0 saturated carbocycles. The number of benzene rings is 2. The van der Waals surface area contributed by atoms with Crippen molar-refractivity contribution in [3.05, 3.63) is 71.4 Å². The maximum Gasteiger partial charge on any atom is 0.325 e. The second kappa shape index (κ2) is 8.36. The molecule has 2 aromatic rings. The molecule has 1 saturated heterocycles. The maximum atomic E-state index is 12.6. The summed E-state index contributed by atoms with van der Waals surface area (Å²) < 4.78 is 5.21. The minimum atomic E-state index is -1.16. The molecule has 1 aliphatic heterocycles. The van der Waals surface area contributed by atoms with E-state index in [1.54, 1.807) is 48.5 Å². The Labute approximate surface area is 160 Å². The summed E-state index contributed by atoms with van der Waals surface area (Å²) in [5, 5.41) is 24.4. The first-order valence-electron chi connectivity index (χ1n) is 8.48. The molecule has 2 aromatic carbocycles. The molecule has 8 nitrogen and oxygen atoms in total. The minimum Gasteiger partial charge on any atom is -0.507 e. The summed E-state index contributed by atoms with van der Waals surface area (Å²) in [4.78, 5) is 35.4. The lowest BCUT2D eigenvalue weighted by Crippen LogP contribution is -2.39. The number of phenolic OH excluding ortho intramolecular Hbond substituents is 1. The van der Waals surface area contributed by atoms with Crippen LogP contribution >= 0.6 is 0 Å². The van der Waals surface area contributed by atoms with Crippen LogP contribution in [0.3, 0.4) is 0 Å². The van der Waals surface area contributed by atoms with E-state index in [9.17, 15) is 19.5 Å². The van der Waals surface area contributed by atoms with Crippen LogP contribution in [-0.4, -0.2) is 40.3 Å². The average Bonchev–Trinajstić information content (AvgIpc) is 3.03. The molecule has 2 atom stereocenters. The largest absolute Gasteiger partial charge is 0.507 e. The fraction of sp³-hybridized carbons (Fsp3) is 0.150. The van der Waals surface area contributed by atoms with Crippen molar-refractivity contribution in [2.24, 2.45) is 0 Å². The molecule has 1 amide bonds. The Morgan fingerprint density at radius 1 is 1.11 bits per heavy atom. The van der Waals surface area contributed by atoms with Gasteiger partial charge in [0.1, 0.15) is 11.8 Å². The molecular weight excluding hydrogens is 364 g/mol. The lowest BCUT2D eigenvalue weighted by Gasteiger charge is -2.17. The zero-order chi connectivity index (χ0) is 20.1. The number of rotatable bonds is 6. The van der Waals surface area contributed by atoms with E-state index in [1.165, 1.54) is 12.1 Å². The molecule has 0 spiro atoms. The lowest BCUT2D eigenvalue weighted by atomic mass is 10.1. The van der Waals surface area contributed by atoms with E-state index < -0.39 is 36.5 Å². The quantitative estimate of drug-likeness (QED) is 0.558. The molecule has 1 heterocycles. The van der Waals surface area contributed by atoms with Crippen LogP contribution in [-0.2, 0) is 14.3 Å². The summed E-state index contributed by atoms with van der Waals surface area (Å²) >= 11 is 0. The molecule has 4 N–H and O–H groups in total. The van der Waals surface area contributed by atoms with E-state index >= 15 is 0 Å². The van der Waals surface area contributed by atoms with E-state index in [0.29, 0.717) is 11.1 Å². The van der Waals surface area contributed by atoms with Gasteiger partial charge >= 0.3 is 11.9 Å². The number of esters is 1. The van der Waals surface area contributed by atoms with Crippen molar-refractivity contribution in [1.29, 1.82) is 0 Å². The van der Waals surface area contributed by atoms with Crippen LogP contribution in [0.5, 0.6) is 5.75 Å². The van der Waals surface area contributed by atoms with Gasteiger partial charge < -0.3 is 20.3 Å². The van der Waals surface area contributed by atoms with Crippen LogP contribution in [0.1, 0.15) is 22.3 Å². The smallest absolute Gasteiger partial charge is 0.325 e. The minimum absolute atomic E-state index is 0.0274. The van der Waals surface area contributed by atoms with Crippen molar-refractivity contribution in [3.8, 4) is 5.75 Å². The molecule has 2 unspecified atom stereocenters. The third-order valence-corrected chi connectivity index (χ3v) is 4.07. The van der Waals surface area contributed by atoms with Gasteiger partial charge in [0.15, 0.2) is 6.23 Å². The predicted molar refractivity (Wildman–Crippen MR) is 99.0 cm³/mol. The SMILES string of the molecule is O=C(O)CC1NC(/C(=C\c2ccccc2O)NC(=O)c2ccccc2)OC1=O. The molecule has 1 fully saturated rings. The van der Waals surface area contributed by atoms with E-state index in [1.807, 2.05) is 0 Å². The summed E-state index contributed by atoms with van der Waals surface area (Å²) in [6.07, 6.45) is -0.0556. The molecule has 144 valence electrons. The van der Waals surface area contributed by atoms with Gasteiger partial charge in [0.25, 0.3) is 5.91 Å². The monoisotopic (exact) mass is 382 g/mol. The highest BCUT2D eigenvalue weighted by Gasteiger charge is 2.37. The second-order valence-electron chi connectivity index (χ2n) is 6.11. The Balaban J connectivity index is 1.89. The number of carbonyl (C=O) groups is 3. The third-order valence-electron chi connectivity index (χ3n) is 4.07. The number of ether oxygens (including phenoxy) is 1. The Kier molecular flexibility index (Phi) is 5.71. The Morgan fingerprint density at radius 3 is 2.46 bits per heavy atom. The van der Waals surface area contributed by atoms with Crippen molar-refractivity contribution in [3.63, 3.8) is 0 Å². The number of carbonyl (C=O) groups excluding carboxylic acids is 2. The van der Waals surface area contributed by atoms with Gasteiger partial charge in [0.05, 0.1) is 12.1 Å². The highest BCUT2D eigenvalue weighted by atomic mass is 16.6. The maximum absolute atomic E-state index is 12.6. The number of phenols is 1. The van der Waals surface area contributed by atoms with Crippen LogP contribution in [0.25, 0.3) is 6.08 Å². The van der Waals surface area contributed by atoms with Gasteiger partial charge in [-0.2, -0.15) is 0 Å². The molecule has 3 rings (SSSR count). The molecule has 0 aromatic heterocycles. The van der Waals surface area contributed by atoms with Gasteiger partial charge in [-0.25, -0.2) is 0 Å². The fourth-order valence-electron chi connectivity index (χ4n) is 2.70. The summed E-state index contributed by atoms with van der Waals surface area (Å²) in [6, 6.07) is 13.8. The molecule has 0 bridgehead atoms. The Morgan fingerprint density at radius 2 is 1.79 bits per heavy atom. The average molecular weight is 382 g/mol. The Hall–Kier alpha value is -3.65. The van der Waals surface area contributed by atoms with E-state index in [4.69, 9.17) is 9.84 Å². The summed E-state index contributed by atoms with van der Waals surface area (Å²) in [5.74, 6) is -2.36. The standard InChI is InChI=1S/C20H18N2O6/c23-16-9-5-4-8-13(16)10-14(21-18(26)12-6-2-1-3-7-12)19-22-15(11-17(24)25)20(27)28-19/h1-10,15,19,22-23H,11H2,(H,21,26)(H,24,25)/b14-10+. The first-order valence-corrected chi connectivity index (χ1v) is 8.48. The number of amides is 1. The van der Waals surface area contributed by atoms with Gasteiger partial charge in [0, 0.05) is 11.1 Å². The zero-order valence-electron chi connectivity index (χ0n) is 14.7. The lowest BCUT2D eigenvalue weighted by molar-refractivity contribution is -0.145. The Bertz CT molecular complexity index is 925. The van der Waals surface area contributed by atoms with Crippen LogP contribution in [0.15, 0.2) is 60.3 Å².